The van der Waals surface area contributed by atoms with Crippen LogP contribution in [0.5, 0.6) is 5.75 Å². The van der Waals surface area contributed by atoms with Crippen molar-refractivity contribution in [3.63, 3.8) is 0 Å². The van der Waals surface area contributed by atoms with Crippen molar-refractivity contribution in [3.8, 4) is 5.75 Å². The number of aliphatic hydroxyl groups is 1. The van der Waals surface area contributed by atoms with Gasteiger partial charge in [-0.15, -0.1) is 0 Å². The first-order valence-electron chi connectivity index (χ1n) is 5.74. The zero-order chi connectivity index (χ0) is 16.3. The van der Waals surface area contributed by atoms with Crippen molar-refractivity contribution < 1.29 is 29.6 Å². The van der Waals surface area contributed by atoms with Gasteiger partial charge in [0.1, 0.15) is 6.61 Å². The second-order valence-corrected chi connectivity index (χ2v) is 4.30. The monoisotopic (exact) mass is 339 g/mol. The van der Waals surface area contributed by atoms with Crippen LogP contribution >= 0.6 is 23.2 Å². The normalized spacial score (nSPS) is 9.48. The number of halogens is 2. The van der Waals surface area contributed by atoms with Gasteiger partial charge in [0.05, 0.1) is 16.7 Å². The third-order valence-corrected chi connectivity index (χ3v) is 2.51. The van der Waals surface area contributed by atoms with Crippen LogP contribution in [0, 0.1) is 0 Å². The van der Waals surface area contributed by atoms with Gasteiger partial charge in [-0.25, -0.2) is 9.59 Å². The molecule has 0 fully saturated rings. The van der Waals surface area contributed by atoms with Crippen LogP contribution in [0.4, 0.5) is 0 Å². The van der Waals surface area contributed by atoms with E-state index < -0.39 is 11.9 Å². The van der Waals surface area contributed by atoms with E-state index in [0.29, 0.717) is 35.5 Å². The van der Waals surface area contributed by atoms with E-state index in [2.05, 4.69) is 5.32 Å². The molecule has 9 heteroatoms. The van der Waals surface area contributed by atoms with Crippen molar-refractivity contribution in [2.24, 2.45) is 0 Å². The van der Waals surface area contributed by atoms with Crippen LogP contribution in [-0.2, 0) is 9.59 Å². The molecule has 1 aromatic rings. The Bertz CT molecular complexity index is 437. The molecule has 1 rings (SSSR count). The number of hydrogen-bond acceptors (Lipinski definition) is 5. The maximum absolute atomic E-state index is 9.10. The number of benzene rings is 1. The molecule has 118 valence electrons. The van der Waals surface area contributed by atoms with Crippen LogP contribution in [-0.4, -0.2) is 53.6 Å². The molecular weight excluding hydrogens is 325 g/mol. The first-order valence-corrected chi connectivity index (χ1v) is 6.50. The highest BCUT2D eigenvalue weighted by Crippen LogP contribution is 2.31. The standard InChI is InChI=1S/C10H13Cl2NO2.C2H2O4/c11-8-2-1-3-9(12)10(8)15-7-5-13-4-6-14;3-1(4)2(5)6/h1-3,13-14H,4-7H2;(H,3,4)(H,5,6). The first kappa shape index (κ1) is 19.5. The summed E-state index contributed by atoms with van der Waals surface area (Å²) in [5.74, 6) is -3.14. The molecule has 4 N–H and O–H groups in total. The maximum atomic E-state index is 9.10. The number of hydrogen-bond donors (Lipinski definition) is 4. The number of rotatable bonds is 6. The lowest BCUT2D eigenvalue weighted by Gasteiger charge is -2.09. The molecule has 0 heterocycles. The quantitative estimate of drug-likeness (QED) is 0.453. The topological polar surface area (TPSA) is 116 Å². The van der Waals surface area contributed by atoms with Gasteiger partial charge < -0.3 is 25.4 Å². The van der Waals surface area contributed by atoms with Crippen molar-refractivity contribution >= 4 is 35.1 Å². The smallest absolute Gasteiger partial charge is 0.414 e. The van der Waals surface area contributed by atoms with Gasteiger partial charge in [-0.1, -0.05) is 29.3 Å². The Morgan fingerprint density at radius 2 is 1.62 bits per heavy atom. The van der Waals surface area contributed by atoms with Crippen molar-refractivity contribution in [2.45, 2.75) is 0 Å². The SMILES string of the molecule is O=C(O)C(=O)O.OCCNCCOc1c(Cl)cccc1Cl. The fourth-order valence-corrected chi connectivity index (χ4v) is 1.56. The fraction of sp³-hybridized carbons (Fsp3) is 0.333. The van der Waals surface area contributed by atoms with Crippen molar-refractivity contribution in [1.29, 1.82) is 0 Å². The number of aliphatic carboxylic acids is 2. The number of carboxylic acid groups (broad SMARTS) is 2. The molecule has 0 radical (unpaired) electrons. The lowest BCUT2D eigenvalue weighted by atomic mass is 10.3. The van der Waals surface area contributed by atoms with Crippen LogP contribution < -0.4 is 10.1 Å². The molecule has 0 aromatic heterocycles. The molecular formula is C12H15Cl2NO6. The van der Waals surface area contributed by atoms with E-state index in [-0.39, 0.29) is 6.61 Å². The largest absolute Gasteiger partial charge is 0.489 e. The van der Waals surface area contributed by atoms with Crippen LogP contribution in [0.25, 0.3) is 0 Å². The Hall–Kier alpha value is -1.54. The number of nitrogens with one attached hydrogen (secondary N) is 1. The van der Waals surface area contributed by atoms with Crippen molar-refractivity contribution in [1.82, 2.24) is 5.32 Å². The highest BCUT2D eigenvalue weighted by atomic mass is 35.5. The summed E-state index contributed by atoms with van der Waals surface area (Å²) < 4.78 is 5.41. The summed E-state index contributed by atoms with van der Waals surface area (Å²) in [5.41, 5.74) is 0. The van der Waals surface area contributed by atoms with Gasteiger partial charge in [0.15, 0.2) is 5.75 Å². The molecule has 1 aromatic carbocycles. The van der Waals surface area contributed by atoms with E-state index >= 15 is 0 Å². The number of para-hydroxylation sites is 1. The van der Waals surface area contributed by atoms with Gasteiger partial charge in [0.2, 0.25) is 0 Å². The van der Waals surface area contributed by atoms with Gasteiger partial charge in [-0.2, -0.15) is 0 Å². The Morgan fingerprint density at radius 1 is 1.10 bits per heavy atom. The van der Waals surface area contributed by atoms with Crippen LogP contribution in [0.15, 0.2) is 18.2 Å². The Labute approximate surface area is 131 Å². The zero-order valence-corrected chi connectivity index (χ0v) is 12.4. The predicted molar refractivity (Wildman–Crippen MR) is 77.2 cm³/mol. The molecule has 7 nitrogen and oxygen atoms in total. The highest BCUT2D eigenvalue weighted by Gasteiger charge is 2.05. The average Bonchev–Trinajstić information content (AvgIpc) is 2.42. The second kappa shape index (κ2) is 11.2. The number of carboxylic acids is 2. The number of carbonyl (C=O) groups is 2. The molecule has 0 aliphatic heterocycles. The third kappa shape index (κ3) is 9.09. The molecule has 21 heavy (non-hydrogen) atoms. The van der Waals surface area contributed by atoms with Gasteiger partial charge in [0.25, 0.3) is 0 Å². The number of ether oxygens (including phenoxy) is 1. The molecule has 0 bridgehead atoms. The third-order valence-electron chi connectivity index (χ3n) is 1.92. The molecule has 0 spiro atoms. The van der Waals surface area contributed by atoms with Gasteiger partial charge in [-0.3, -0.25) is 0 Å². The Kier molecular flexibility index (Phi) is 10.3. The summed E-state index contributed by atoms with van der Waals surface area (Å²) in [6.45, 7) is 1.78. The van der Waals surface area contributed by atoms with E-state index in [1.165, 1.54) is 0 Å². The molecule has 0 aliphatic carbocycles. The van der Waals surface area contributed by atoms with Gasteiger partial charge >= 0.3 is 11.9 Å². The summed E-state index contributed by atoms with van der Waals surface area (Å²) >= 11 is 11.8. The van der Waals surface area contributed by atoms with Crippen molar-refractivity contribution in [3.05, 3.63) is 28.2 Å². The number of aliphatic hydroxyl groups excluding tert-OH is 1. The van der Waals surface area contributed by atoms with E-state index in [9.17, 15) is 0 Å². The molecule has 0 saturated carbocycles. The fourth-order valence-electron chi connectivity index (χ4n) is 1.05. The molecule has 0 unspecified atom stereocenters. The highest BCUT2D eigenvalue weighted by molar-refractivity contribution is 6.37. The maximum Gasteiger partial charge on any atom is 0.414 e. The van der Waals surface area contributed by atoms with Crippen LogP contribution in [0.2, 0.25) is 10.0 Å². The van der Waals surface area contributed by atoms with E-state index in [1.807, 2.05) is 0 Å². The minimum atomic E-state index is -1.82. The Morgan fingerprint density at radius 3 is 2.05 bits per heavy atom. The summed E-state index contributed by atoms with van der Waals surface area (Å²) in [6, 6.07) is 5.22. The molecule has 0 aliphatic rings. The zero-order valence-electron chi connectivity index (χ0n) is 10.9. The van der Waals surface area contributed by atoms with E-state index in [1.54, 1.807) is 18.2 Å². The van der Waals surface area contributed by atoms with E-state index in [0.717, 1.165) is 0 Å². The second-order valence-electron chi connectivity index (χ2n) is 3.48. The minimum absolute atomic E-state index is 0.118. The summed E-state index contributed by atoms with van der Waals surface area (Å²) in [5, 5.41) is 27.3. The first-order chi connectivity index (χ1) is 9.90. The lowest BCUT2D eigenvalue weighted by Crippen LogP contribution is -2.24. The summed E-state index contributed by atoms with van der Waals surface area (Å²) in [7, 11) is 0. The summed E-state index contributed by atoms with van der Waals surface area (Å²) in [4.78, 5) is 18.2. The van der Waals surface area contributed by atoms with Crippen LogP contribution in [0.3, 0.4) is 0 Å². The average molecular weight is 340 g/mol. The minimum Gasteiger partial charge on any atom is -0.489 e. The van der Waals surface area contributed by atoms with Gasteiger partial charge in [-0.05, 0) is 12.1 Å². The van der Waals surface area contributed by atoms with Crippen molar-refractivity contribution in [2.75, 3.05) is 26.3 Å². The predicted octanol–water partition coefficient (Wildman–Crippen LogP) is 1.11. The lowest BCUT2D eigenvalue weighted by molar-refractivity contribution is -0.159. The molecule has 0 saturated heterocycles. The summed E-state index contributed by atoms with van der Waals surface area (Å²) in [6.07, 6.45) is 0. The van der Waals surface area contributed by atoms with Crippen LogP contribution in [0.1, 0.15) is 0 Å². The van der Waals surface area contributed by atoms with E-state index in [4.69, 9.17) is 52.8 Å². The molecule has 0 atom stereocenters. The van der Waals surface area contributed by atoms with Gasteiger partial charge in [0, 0.05) is 13.1 Å². The Balaban J connectivity index is 0.000000567. The molecule has 0 amide bonds.